The summed E-state index contributed by atoms with van der Waals surface area (Å²) in [7, 11) is -4.67. The van der Waals surface area contributed by atoms with Gasteiger partial charge in [-0.05, 0) is 18.2 Å². The van der Waals surface area contributed by atoms with Crippen LogP contribution in [-0.2, 0) is 4.57 Å². The Morgan fingerprint density at radius 3 is 2.45 bits per heavy atom. The molecule has 2 rings (SSSR count). The molecule has 0 bridgehead atoms. The maximum atomic E-state index is 10.8. The van der Waals surface area contributed by atoms with Crippen molar-refractivity contribution in [2.45, 2.75) is 0 Å². The van der Waals surface area contributed by atoms with Gasteiger partial charge in [-0.2, -0.15) is 0 Å². The zero-order valence-electron chi connectivity index (χ0n) is 10.2. The lowest BCUT2D eigenvalue weighted by atomic mass is 10.3. The van der Waals surface area contributed by atoms with Gasteiger partial charge in [0.05, 0.1) is 5.69 Å². The van der Waals surface area contributed by atoms with Gasteiger partial charge in [0, 0.05) is 12.1 Å². The second kappa shape index (κ2) is 5.88. The van der Waals surface area contributed by atoms with E-state index in [2.05, 4.69) is 4.98 Å². The maximum Gasteiger partial charge on any atom is 0.390 e. The summed E-state index contributed by atoms with van der Waals surface area (Å²) in [4.78, 5) is 21.6. The highest BCUT2D eigenvalue weighted by Gasteiger charge is 2.19. The first-order valence-electron chi connectivity index (χ1n) is 5.62. The van der Waals surface area contributed by atoms with Crippen LogP contribution in [0.3, 0.4) is 0 Å². The summed E-state index contributed by atoms with van der Waals surface area (Å²) in [5, 5.41) is 9.24. The molecule has 1 heterocycles. The van der Waals surface area contributed by atoms with E-state index in [4.69, 9.17) is 14.5 Å². The van der Waals surface area contributed by atoms with Crippen molar-refractivity contribution in [1.29, 1.82) is 0 Å². The molecule has 0 unspecified atom stereocenters. The molecule has 2 aromatic rings. The van der Waals surface area contributed by atoms with Crippen LogP contribution in [0.4, 0.5) is 0 Å². The van der Waals surface area contributed by atoms with Crippen LogP contribution in [0.15, 0.2) is 54.0 Å². The van der Waals surface area contributed by atoms with Crippen LogP contribution in [0.2, 0.25) is 0 Å². The first kappa shape index (κ1) is 14.3. The third-order valence-corrected chi connectivity index (χ3v) is 3.01. The normalized spacial score (nSPS) is 12.2. The van der Waals surface area contributed by atoms with Gasteiger partial charge in [0.15, 0.2) is 0 Å². The van der Waals surface area contributed by atoms with E-state index in [-0.39, 0.29) is 11.6 Å². The number of aliphatic hydroxyl groups is 1. The number of aliphatic hydroxyl groups excluding tert-OH is 1. The standard InChI is InChI=1S/C13H12NO5P/c15-13(20(16,17)18)9-10-5-4-8-12(14-10)19-11-6-2-1-3-7-11/h1-9,15H,(H2,16,17,18)/b13-9+. The summed E-state index contributed by atoms with van der Waals surface area (Å²) in [5.74, 6) is 0.837. The Bertz CT molecular complexity index is 665. The van der Waals surface area contributed by atoms with E-state index in [0.717, 1.165) is 6.08 Å². The number of benzene rings is 1. The molecule has 20 heavy (non-hydrogen) atoms. The number of pyridine rings is 1. The molecule has 0 fully saturated rings. The van der Waals surface area contributed by atoms with E-state index >= 15 is 0 Å². The molecule has 0 aliphatic carbocycles. The van der Waals surface area contributed by atoms with Crippen molar-refractivity contribution >= 4 is 13.7 Å². The van der Waals surface area contributed by atoms with Crippen LogP contribution >= 0.6 is 7.60 Å². The predicted octanol–water partition coefficient (Wildman–Crippen LogP) is 2.91. The van der Waals surface area contributed by atoms with E-state index in [0.29, 0.717) is 5.75 Å². The van der Waals surface area contributed by atoms with Gasteiger partial charge in [-0.15, -0.1) is 0 Å². The Kier molecular flexibility index (Phi) is 4.20. The van der Waals surface area contributed by atoms with E-state index in [1.54, 1.807) is 36.4 Å². The smallest absolute Gasteiger partial charge is 0.390 e. The number of aromatic nitrogens is 1. The molecule has 0 amide bonds. The van der Waals surface area contributed by atoms with Crippen molar-refractivity contribution in [3.8, 4) is 11.6 Å². The number of nitrogens with zero attached hydrogens (tertiary/aromatic N) is 1. The summed E-state index contributed by atoms with van der Waals surface area (Å²) in [6, 6.07) is 13.6. The molecule has 0 spiro atoms. The molecule has 0 aliphatic heterocycles. The lowest BCUT2D eigenvalue weighted by Crippen LogP contribution is -1.91. The van der Waals surface area contributed by atoms with Gasteiger partial charge in [-0.3, -0.25) is 4.57 Å². The maximum absolute atomic E-state index is 10.8. The van der Waals surface area contributed by atoms with Gasteiger partial charge in [-0.1, -0.05) is 24.3 Å². The fraction of sp³-hybridized carbons (Fsp3) is 0. The molecular weight excluding hydrogens is 281 g/mol. The van der Waals surface area contributed by atoms with E-state index in [1.165, 1.54) is 6.07 Å². The molecule has 0 radical (unpaired) electrons. The minimum absolute atomic E-state index is 0.180. The topological polar surface area (TPSA) is 99.9 Å². The number of rotatable bonds is 4. The summed E-state index contributed by atoms with van der Waals surface area (Å²) < 4.78 is 16.3. The van der Waals surface area contributed by atoms with Crippen LogP contribution in [0, 0.1) is 0 Å². The van der Waals surface area contributed by atoms with Crippen molar-refractivity contribution < 1.29 is 24.2 Å². The van der Waals surface area contributed by atoms with Gasteiger partial charge >= 0.3 is 7.60 Å². The van der Waals surface area contributed by atoms with E-state index in [9.17, 15) is 9.67 Å². The molecule has 3 N–H and O–H groups in total. The summed E-state index contributed by atoms with van der Waals surface area (Å²) in [5.41, 5.74) is -0.860. The van der Waals surface area contributed by atoms with Gasteiger partial charge in [0.2, 0.25) is 11.4 Å². The van der Waals surface area contributed by atoms with Crippen molar-refractivity contribution in [1.82, 2.24) is 4.98 Å². The Balaban J connectivity index is 2.23. The largest absolute Gasteiger partial charge is 0.501 e. The molecular formula is C13H12NO5P. The number of ether oxygens (including phenoxy) is 1. The Hall–Kier alpha value is -2.14. The van der Waals surface area contributed by atoms with Gasteiger partial charge < -0.3 is 19.6 Å². The fourth-order valence-electron chi connectivity index (χ4n) is 1.39. The highest BCUT2D eigenvalue weighted by Crippen LogP contribution is 2.43. The Morgan fingerprint density at radius 2 is 1.80 bits per heavy atom. The third-order valence-electron chi connectivity index (χ3n) is 2.29. The van der Waals surface area contributed by atoms with Crippen LogP contribution < -0.4 is 4.74 Å². The Labute approximate surface area is 115 Å². The van der Waals surface area contributed by atoms with Crippen LogP contribution in [-0.4, -0.2) is 19.9 Å². The molecule has 0 saturated carbocycles. The summed E-state index contributed by atoms with van der Waals surface area (Å²) in [6.45, 7) is 0. The van der Waals surface area contributed by atoms with Gasteiger partial charge in [-0.25, -0.2) is 4.98 Å². The van der Waals surface area contributed by atoms with Crippen molar-refractivity contribution in [2.24, 2.45) is 0 Å². The highest BCUT2D eigenvalue weighted by atomic mass is 31.2. The fourth-order valence-corrected chi connectivity index (χ4v) is 1.69. The monoisotopic (exact) mass is 293 g/mol. The van der Waals surface area contributed by atoms with Gasteiger partial charge in [0.1, 0.15) is 5.75 Å². The van der Waals surface area contributed by atoms with E-state index < -0.39 is 13.1 Å². The zero-order chi connectivity index (χ0) is 14.6. The van der Waals surface area contributed by atoms with Crippen LogP contribution in [0.25, 0.3) is 6.08 Å². The quantitative estimate of drug-likeness (QED) is 0.592. The molecule has 1 aromatic carbocycles. The number of para-hydroxylation sites is 1. The van der Waals surface area contributed by atoms with Crippen molar-refractivity contribution in [3.63, 3.8) is 0 Å². The molecule has 0 saturated heterocycles. The van der Waals surface area contributed by atoms with Crippen LogP contribution in [0.1, 0.15) is 5.69 Å². The summed E-state index contributed by atoms with van der Waals surface area (Å²) in [6.07, 6.45) is 0.901. The summed E-state index contributed by atoms with van der Waals surface area (Å²) >= 11 is 0. The van der Waals surface area contributed by atoms with E-state index in [1.807, 2.05) is 6.07 Å². The second-order valence-corrected chi connectivity index (χ2v) is 5.41. The Morgan fingerprint density at radius 1 is 1.10 bits per heavy atom. The average Bonchev–Trinajstić information content (AvgIpc) is 2.39. The molecule has 0 atom stereocenters. The molecule has 104 valence electrons. The molecule has 6 nitrogen and oxygen atoms in total. The number of hydrogen-bond donors (Lipinski definition) is 3. The first-order valence-corrected chi connectivity index (χ1v) is 7.23. The average molecular weight is 293 g/mol. The van der Waals surface area contributed by atoms with Gasteiger partial charge in [0.25, 0.3) is 0 Å². The van der Waals surface area contributed by atoms with Crippen LogP contribution in [0.5, 0.6) is 11.6 Å². The lowest BCUT2D eigenvalue weighted by Gasteiger charge is -2.05. The lowest BCUT2D eigenvalue weighted by molar-refractivity contribution is 0.339. The van der Waals surface area contributed by atoms with Crippen molar-refractivity contribution in [2.75, 3.05) is 0 Å². The second-order valence-electron chi connectivity index (χ2n) is 3.86. The molecule has 7 heteroatoms. The first-order chi connectivity index (χ1) is 9.45. The molecule has 1 aromatic heterocycles. The minimum atomic E-state index is -4.67. The number of hydrogen-bond acceptors (Lipinski definition) is 4. The SMILES string of the molecule is O=P(O)(O)/C(O)=C/c1cccc(Oc2ccccc2)n1. The minimum Gasteiger partial charge on any atom is -0.501 e. The molecule has 0 aliphatic rings. The predicted molar refractivity (Wildman–Crippen MR) is 73.4 cm³/mol. The highest BCUT2D eigenvalue weighted by molar-refractivity contribution is 7.56. The van der Waals surface area contributed by atoms with Crippen molar-refractivity contribution in [3.05, 3.63) is 59.7 Å². The zero-order valence-corrected chi connectivity index (χ0v) is 11.1. The third kappa shape index (κ3) is 3.93.